The Hall–Kier alpha value is -0.610. The number of benzene rings is 1. The summed E-state index contributed by atoms with van der Waals surface area (Å²) < 4.78 is 5.30. The molecule has 4 atom stereocenters. The average Bonchev–Trinajstić information content (AvgIpc) is 2.69. The molecule has 3 saturated heterocycles. The standard InChI is InChI=1S/C23H35ClN2O/c1-27-15-3-2-8-22-21-7-5-14-25-13-4-6-19(23(21)25)17-26(22)16-18-9-11-20(24)12-10-18/h9-12,19,21-23H,2-8,13-17H2,1H3/t19-,21-,22-,23+/m1/s1. The third-order valence-corrected chi connectivity index (χ3v) is 7.43. The molecule has 0 spiro atoms. The molecule has 0 unspecified atom stereocenters. The number of hydrogen-bond donors (Lipinski definition) is 0. The third-order valence-electron chi connectivity index (χ3n) is 7.18. The van der Waals surface area contributed by atoms with E-state index in [9.17, 15) is 0 Å². The fourth-order valence-electron chi connectivity index (χ4n) is 6.09. The van der Waals surface area contributed by atoms with Gasteiger partial charge in [-0.3, -0.25) is 9.80 Å². The van der Waals surface area contributed by atoms with Crippen molar-refractivity contribution in [1.29, 1.82) is 0 Å². The van der Waals surface area contributed by atoms with Gasteiger partial charge >= 0.3 is 0 Å². The van der Waals surface area contributed by atoms with Crippen molar-refractivity contribution in [1.82, 2.24) is 9.80 Å². The molecule has 0 saturated carbocycles. The highest BCUT2D eigenvalue weighted by atomic mass is 35.5. The van der Waals surface area contributed by atoms with E-state index < -0.39 is 0 Å². The van der Waals surface area contributed by atoms with Crippen LogP contribution in [0.4, 0.5) is 0 Å². The summed E-state index contributed by atoms with van der Waals surface area (Å²) >= 11 is 6.11. The molecule has 27 heavy (non-hydrogen) atoms. The molecule has 4 heteroatoms. The van der Waals surface area contributed by atoms with Crippen LogP contribution in [0.3, 0.4) is 0 Å². The molecule has 0 amide bonds. The number of ether oxygens (including phenoxy) is 1. The highest BCUT2D eigenvalue weighted by Crippen LogP contribution is 2.43. The summed E-state index contributed by atoms with van der Waals surface area (Å²) in [5.41, 5.74) is 1.41. The van der Waals surface area contributed by atoms with Gasteiger partial charge in [0.05, 0.1) is 0 Å². The van der Waals surface area contributed by atoms with Crippen molar-refractivity contribution >= 4 is 11.6 Å². The van der Waals surface area contributed by atoms with Crippen molar-refractivity contribution < 1.29 is 4.74 Å². The monoisotopic (exact) mass is 390 g/mol. The SMILES string of the molecule is COCCCC[C@@H]1[C@H]2CCCN3CCC[C@H](CN1Cc1ccc(Cl)cc1)[C@@H]23. The molecule has 0 N–H and O–H groups in total. The number of methoxy groups -OCH3 is 1. The average molecular weight is 391 g/mol. The summed E-state index contributed by atoms with van der Waals surface area (Å²) in [6, 6.07) is 10.1. The number of nitrogens with zero attached hydrogens (tertiary/aromatic N) is 2. The van der Waals surface area contributed by atoms with Crippen LogP contribution in [0.25, 0.3) is 0 Å². The van der Waals surface area contributed by atoms with E-state index in [1.54, 1.807) is 0 Å². The number of halogens is 1. The smallest absolute Gasteiger partial charge is 0.0462 e. The Bertz CT molecular complexity index is 591. The maximum atomic E-state index is 6.11. The van der Waals surface area contributed by atoms with Crippen molar-refractivity contribution in [2.24, 2.45) is 11.8 Å². The number of likely N-dealkylation sites (tertiary alicyclic amines) is 1. The number of rotatable bonds is 7. The van der Waals surface area contributed by atoms with Crippen molar-refractivity contribution in [3.63, 3.8) is 0 Å². The number of hydrogen-bond acceptors (Lipinski definition) is 3. The predicted octanol–water partition coefficient (Wildman–Crippen LogP) is 4.83. The summed E-state index contributed by atoms with van der Waals surface area (Å²) in [5.74, 6) is 1.72. The van der Waals surface area contributed by atoms with E-state index in [1.165, 1.54) is 70.1 Å². The maximum Gasteiger partial charge on any atom is 0.0462 e. The molecule has 3 aliphatic rings. The van der Waals surface area contributed by atoms with Crippen LogP contribution in [-0.2, 0) is 11.3 Å². The second-order valence-electron chi connectivity index (χ2n) is 8.85. The molecule has 0 aromatic heterocycles. The quantitative estimate of drug-likeness (QED) is 0.620. The molecule has 1 aromatic carbocycles. The zero-order chi connectivity index (χ0) is 18.6. The van der Waals surface area contributed by atoms with Gasteiger partial charge in [0.2, 0.25) is 0 Å². The fraction of sp³-hybridized carbons (Fsp3) is 0.739. The highest BCUT2D eigenvalue weighted by Gasteiger charge is 2.48. The van der Waals surface area contributed by atoms with E-state index in [0.717, 1.165) is 42.1 Å². The second kappa shape index (κ2) is 9.26. The minimum atomic E-state index is 0.722. The Morgan fingerprint density at radius 2 is 1.85 bits per heavy atom. The summed E-state index contributed by atoms with van der Waals surface area (Å²) in [6.07, 6.45) is 9.40. The minimum Gasteiger partial charge on any atom is -0.385 e. The van der Waals surface area contributed by atoms with Gasteiger partial charge in [-0.15, -0.1) is 0 Å². The van der Waals surface area contributed by atoms with E-state index in [1.807, 2.05) is 19.2 Å². The lowest BCUT2D eigenvalue weighted by molar-refractivity contribution is -0.0813. The van der Waals surface area contributed by atoms with Gasteiger partial charge in [-0.2, -0.15) is 0 Å². The molecule has 3 nitrogen and oxygen atoms in total. The fourth-order valence-corrected chi connectivity index (χ4v) is 6.21. The van der Waals surface area contributed by atoms with Crippen molar-refractivity contribution in [2.45, 2.75) is 63.6 Å². The van der Waals surface area contributed by atoms with E-state index in [4.69, 9.17) is 16.3 Å². The molecular formula is C23H35ClN2O. The van der Waals surface area contributed by atoms with Gasteiger partial charge in [-0.25, -0.2) is 0 Å². The Labute approximate surface area is 170 Å². The first kappa shape index (κ1) is 19.7. The lowest BCUT2D eigenvalue weighted by atomic mass is 9.69. The van der Waals surface area contributed by atoms with Crippen LogP contribution in [0.1, 0.15) is 50.5 Å². The Balaban J connectivity index is 1.51. The van der Waals surface area contributed by atoms with Crippen LogP contribution in [0.15, 0.2) is 24.3 Å². The lowest BCUT2D eigenvalue weighted by Crippen LogP contribution is -2.64. The summed E-state index contributed by atoms with van der Waals surface area (Å²) in [7, 11) is 1.82. The van der Waals surface area contributed by atoms with Crippen LogP contribution in [0.2, 0.25) is 5.02 Å². The first-order chi connectivity index (χ1) is 13.3. The summed E-state index contributed by atoms with van der Waals surface area (Å²) in [4.78, 5) is 5.68. The molecule has 3 fully saturated rings. The normalized spacial score (nSPS) is 31.6. The first-order valence-corrected chi connectivity index (χ1v) is 11.4. The summed E-state index contributed by atoms with van der Waals surface area (Å²) in [5, 5.41) is 0.837. The van der Waals surface area contributed by atoms with Gasteiger partial charge < -0.3 is 4.74 Å². The number of unbranched alkanes of at least 4 members (excludes halogenated alkanes) is 1. The van der Waals surface area contributed by atoms with Gasteiger partial charge in [0, 0.05) is 43.9 Å². The van der Waals surface area contributed by atoms with Crippen LogP contribution in [0.5, 0.6) is 0 Å². The zero-order valence-corrected chi connectivity index (χ0v) is 17.5. The molecule has 1 aromatic rings. The number of piperidine rings is 3. The van der Waals surface area contributed by atoms with Gasteiger partial charge in [0.15, 0.2) is 0 Å². The molecule has 3 heterocycles. The third kappa shape index (κ3) is 4.53. The molecule has 0 aliphatic carbocycles. The van der Waals surface area contributed by atoms with Gasteiger partial charge in [0.1, 0.15) is 0 Å². The lowest BCUT2D eigenvalue weighted by Gasteiger charge is -2.57. The maximum absolute atomic E-state index is 6.11. The molecule has 4 rings (SSSR count). The van der Waals surface area contributed by atoms with Gasteiger partial charge in [-0.1, -0.05) is 23.7 Å². The first-order valence-electron chi connectivity index (χ1n) is 11.0. The van der Waals surface area contributed by atoms with E-state index >= 15 is 0 Å². The van der Waals surface area contributed by atoms with Crippen LogP contribution in [-0.4, -0.2) is 55.2 Å². The second-order valence-corrected chi connectivity index (χ2v) is 9.28. The van der Waals surface area contributed by atoms with E-state index in [0.29, 0.717) is 0 Å². The Kier molecular flexibility index (Phi) is 6.75. The van der Waals surface area contributed by atoms with Crippen LogP contribution in [0, 0.1) is 11.8 Å². The molecular weight excluding hydrogens is 356 g/mol. The van der Waals surface area contributed by atoms with Crippen molar-refractivity contribution in [2.75, 3.05) is 33.4 Å². The predicted molar refractivity (Wildman–Crippen MR) is 112 cm³/mol. The minimum absolute atomic E-state index is 0.722. The van der Waals surface area contributed by atoms with Gasteiger partial charge in [0.25, 0.3) is 0 Å². The van der Waals surface area contributed by atoms with E-state index in [-0.39, 0.29) is 0 Å². The van der Waals surface area contributed by atoms with Crippen molar-refractivity contribution in [3.8, 4) is 0 Å². The Morgan fingerprint density at radius 1 is 1.07 bits per heavy atom. The molecule has 3 aliphatic heterocycles. The van der Waals surface area contributed by atoms with E-state index in [2.05, 4.69) is 21.9 Å². The van der Waals surface area contributed by atoms with Crippen LogP contribution < -0.4 is 0 Å². The zero-order valence-electron chi connectivity index (χ0n) is 16.8. The van der Waals surface area contributed by atoms with Crippen molar-refractivity contribution in [3.05, 3.63) is 34.9 Å². The highest BCUT2D eigenvalue weighted by molar-refractivity contribution is 6.30. The molecule has 0 radical (unpaired) electrons. The largest absolute Gasteiger partial charge is 0.385 e. The van der Waals surface area contributed by atoms with Gasteiger partial charge in [-0.05, 0) is 87.6 Å². The molecule has 0 bridgehead atoms. The molecule has 150 valence electrons. The summed E-state index contributed by atoms with van der Waals surface area (Å²) in [6.45, 7) is 5.92. The Morgan fingerprint density at radius 3 is 2.63 bits per heavy atom. The van der Waals surface area contributed by atoms with Crippen LogP contribution >= 0.6 is 11.6 Å². The topological polar surface area (TPSA) is 15.7 Å².